The van der Waals surface area contributed by atoms with Gasteiger partial charge in [-0.3, -0.25) is 0 Å². The van der Waals surface area contributed by atoms with Gasteiger partial charge in [-0.05, 0) is 278 Å². The summed E-state index contributed by atoms with van der Waals surface area (Å²) in [4.78, 5) is 7.23. The molecule has 0 saturated heterocycles. The van der Waals surface area contributed by atoms with E-state index in [2.05, 4.69) is 536 Å². The third-order valence-electron chi connectivity index (χ3n) is 28.8. The zero-order valence-corrected chi connectivity index (χ0v) is 77.7. The van der Waals surface area contributed by atoms with Crippen molar-refractivity contribution in [3.05, 3.63) is 528 Å². The van der Waals surface area contributed by atoms with Crippen LogP contribution >= 0.6 is 11.3 Å². The Labute approximate surface area is 818 Å². The Balaban J connectivity index is 0.000000106. The van der Waals surface area contributed by atoms with Crippen LogP contribution in [-0.2, 0) is 0 Å². The van der Waals surface area contributed by atoms with Crippen molar-refractivity contribution >= 4 is 245 Å². The number of para-hydroxylation sites is 1. The maximum absolute atomic E-state index is 6.61. The number of rotatable bonds is 12. The second-order valence-corrected chi connectivity index (χ2v) is 37.9. The SMILES string of the molecule is c1ccc(-c2ccc(N(c3cc(-c4ccccc4)c4c(c3)oc3ccccc34)c3cccc4c3ccc3c5ccccc5ccc43)cc2)cc1.c1ccc2cc(-c3ccc(N(c4ccc5sc6ccccc6c5c4)c4cccc5c4ccc4c6ccccc6ccc54)cc3)ccc2c1.c1ccc2cc(N(c3ccc4c(ccc5ccccc54)c3)c3ccc4ccc5c6ccccc6ccc5c4c3)ccc2c1. The smallest absolute Gasteiger partial charge is 0.138 e. The number of benzene rings is 27. The normalized spacial score (nSPS) is 11.7. The van der Waals surface area contributed by atoms with Gasteiger partial charge in [0.1, 0.15) is 11.2 Å². The fraction of sp³-hybridized carbons (Fsp3) is 0. The molecule has 29 rings (SSSR count). The number of nitrogens with zero attached hydrogens (tertiary/aromatic N) is 3. The first kappa shape index (κ1) is 82.2. The molecule has 29 aromatic rings. The predicted octanol–water partition coefficient (Wildman–Crippen LogP) is 39.7. The second kappa shape index (κ2) is 34.5. The molecule has 0 spiro atoms. The Morgan fingerprint density at radius 2 is 0.468 bits per heavy atom. The lowest BCUT2D eigenvalue weighted by Gasteiger charge is -2.28. The van der Waals surface area contributed by atoms with Crippen LogP contribution in [0.1, 0.15) is 0 Å². The van der Waals surface area contributed by atoms with Gasteiger partial charge in [0, 0.05) is 81.9 Å². The van der Waals surface area contributed by atoms with E-state index in [9.17, 15) is 0 Å². The molecule has 4 nitrogen and oxygen atoms in total. The number of furan rings is 1. The lowest BCUT2D eigenvalue weighted by molar-refractivity contribution is 0.669. The van der Waals surface area contributed by atoms with Crippen molar-refractivity contribution in [3.8, 4) is 33.4 Å². The fourth-order valence-electron chi connectivity index (χ4n) is 22.0. The molecule has 0 aliphatic rings. The summed E-state index contributed by atoms with van der Waals surface area (Å²) < 4.78 is 9.24. The Morgan fingerprint density at radius 1 is 0.142 bits per heavy atom. The molecule has 0 bridgehead atoms. The van der Waals surface area contributed by atoms with Crippen molar-refractivity contribution in [3.63, 3.8) is 0 Å². The van der Waals surface area contributed by atoms with Crippen LogP contribution in [0.5, 0.6) is 0 Å². The van der Waals surface area contributed by atoms with Crippen LogP contribution in [0.25, 0.3) is 216 Å². The quantitative estimate of drug-likeness (QED) is 0.114. The van der Waals surface area contributed by atoms with Crippen LogP contribution in [0.2, 0.25) is 0 Å². The van der Waals surface area contributed by atoms with E-state index in [1.165, 1.54) is 188 Å². The molecule has 0 N–H and O–H groups in total. The number of anilines is 9. The Bertz CT molecular complexity index is 10000. The summed E-state index contributed by atoms with van der Waals surface area (Å²) in [5, 5.41) is 37.6. The van der Waals surface area contributed by atoms with Crippen LogP contribution in [-0.4, -0.2) is 0 Å². The number of hydrogen-bond acceptors (Lipinski definition) is 5. The maximum Gasteiger partial charge on any atom is 0.138 e. The van der Waals surface area contributed by atoms with E-state index in [4.69, 9.17) is 4.42 Å². The molecule has 0 unspecified atom stereocenters. The molecule has 5 heteroatoms. The molecule has 141 heavy (non-hydrogen) atoms. The highest BCUT2D eigenvalue weighted by Gasteiger charge is 2.26. The minimum Gasteiger partial charge on any atom is -0.456 e. The molecule has 2 aromatic heterocycles. The molecule has 0 radical (unpaired) electrons. The third kappa shape index (κ3) is 14.6. The van der Waals surface area contributed by atoms with Gasteiger partial charge in [-0.1, -0.05) is 406 Å². The van der Waals surface area contributed by atoms with Gasteiger partial charge in [0.15, 0.2) is 0 Å². The zero-order chi connectivity index (χ0) is 93.0. The predicted molar refractivity (Wildman–Crippen MR) is 607 cm³/mol. The van der Waals surface area contributed by atoms with Crippen LogP contribution in [0, 0.1) is 0 Å². The number of hydrogen-bond donors (Lipinski definition) is 0. The molecule has 0 aliphatic carbocycles. The molecular weight excluding hydrogens is 1720 g/mol. The summed E-state index contributed by atoms with van der Waals surface area (Å²) in [5.41, 5.74) is 19.0. The fourth-order valence-corrected chi connectivity index (χ4v) is 23.1. The minimum atomic E-state index is 0.866. The van der Waals surface area contributed by atoms with Gasteiger partial charge in [0.2, 0.25) is 0 Å². The van der Waals surface area contributed by atoms with E-state index >= 15 is 0 Å². The minimum absolute atomic E-state index is 0.866. The number of fused-ring (bicyclic) bond motifs is 26. The summed E-state index contributed by atoms with van der Waals surface area (Å²) in [6, 6.07) is 192. The molecule has 0 saturated carbocycles. The largest absolute Gasteiger partial charge is 0.456 e. The zero-order valence-electron chi connectivity index (χ0n) is 76.9. The number of thiophene rings is 1. The first-order valence-electron chi connectivity index (χ1n) is 48.4. The molecule has 0 aliphatic heterocycles. The second-order valence-electron chi connectivity index (χ2n) is 36.9. The van der Waals surface area contributed by atoms with E-state index in [1.807, 2.05) is 17.4 Å². The first-order valence-corrected chi connectivity index (χ1v) is 49.2. The van der Waals surface area contributed by atoms with Crippen LogP contribution in [0.15, 0.2) is 532 Å². The van der Waals surface area contributed by atoms with Gasteiger partial charge < -0.3 is 19.1 Å². The van der Waals surface area contributed by atoms with Crippen molar-refractivity contribution in [1.29, 1.82) is 0 Å². The maximum atomic E-state index is 6.61. The molecule has 658 valence electrons. The van der Waals surface area contributed by atoms with Gasteiger partial charge in [-0.2, -0.15) is 0 Å². The van der Waals surface area contributed by atoms with Gasteiger partial charge in [0.25, 0.3) is 0 Å². The Hall–Kier alpha value is -18.3. The van der Waals surface area contributed by atoms with Crippen molar-refractivity contribution in [1.82, 2.24) is 0 Å². The Morgan fingerprint density at radius 3 is 1.06 bits per heavy atom. The summed E-state index contributed by atoms with van der Waals surface area (Å²) >= 11 is 1.86. The van der Waals surface area contributed by atoms with Gasteiger partial charge in [-0.15, -0.1) is 11.3 Å². The van der Waals surface area contributed by atoms with E-state index < -0.39 is 0 Å². The highest BCUT2D eigenvalue weighted by molar-refractivity contribution is 7.25. The summed E-state index contributed by atoms with van der Waals surface area (Å²) in [7, 11) is 0. The molecule has 27 aromatic carbocycles. The summed E-state index contributed by atoms with van der Waals surface area (Å²) in [6.07, 6.45) is 0. The van der Waals surface area contributed by atoms with E-state index in [0.29, 0.717) is 0 Å². The summed E-state index contributed by atoms with van der Waals surface area (Å²) in [6.45, 7) is 0. The summed E-state index contributed by atoms with van der Waals surface area (Å²) in [5.74, 6) is 0. The van der Waals surface area contributed by atoms with E-state index in [1.54, 1.807) is 0 Å². The molecule has 2 heterocycles. The van der Waals surface area contributed by atoms with Gasteiger partial charge >= 0.3 is 0 Å². The average molecular weight is 1810 g/mol. The van der Waals surface area contributed by atoms with Crippen LogP contribution < -0.4 is 14.7 Å². The van der Waals surface area contributed by atoms with Crippen molar-refractivity contribution in [2.24, 2.45) is 0 Å². The first-order chi connectivity index (χ1) is 69.9. The lowest BCUT2D eigenvalue weighted by Crippen LogP contribution is -2.10. The molecular formula is C136H87N3OS. The lowest BCUT2D eigenvalue weighted by atomic mass is 9.95. The van der Waals surface area contributed by atoms with E-state index in [-0.39, 0.29) is 0 Å². The standard InChI is InChI=1S/C48H31NO.C46H29NS.C42H27N/c1-3-12-32(13-4-1)33-22-25-36(26-23-33)49(45-20-11-19-39-41-27-24-35-16-7-8-17-38(35)40(41)28-29-42(39)45)37-30-44(34-14-5-2-6-15-34)48-43-18-9-10-21-46(43)50-47(48)31-37;1-2-10-33-28-34(17-16-30(33)8-1)31-18-21-35(22-19-31)47(36-23-27-46-43(29-36)42-12-5-6-15-45(42)48-46)44-14-7-13-38-40-24-20-32-9-3-4-11-37(32)39(40)25-26-41(38)44;1-2-10-32-25-34(19-15-28(32)7-1)43(35-21-24-39-33(26-35)14-13-29-8-3-5-11-37(29)39)36-20-16-31-18-22-40-38-12-6-4-9-30(38)17-23-41(40)42(31)27-36/h1-31H;1-29H;1-27H. The highest BCUT2D eigenvalue weighted by atomic mass is 32.1. The van der Waals surface area contributed by atoms with Crippen molar-refractivity contribution in [2.75, 3.05) is 14.7 Å². The van der Waals surface area contributed by atoms with Crippen molar-refractivity contribution < 1.29 is 4.42 Å². The molecule has 0 atom stereocenters. The highest BCUT2D eigenvalue weighted by Crippen LogP contribution is 2.51. The van der Waals surface area contributed by atoms with Crippen LogP contribution in [0.4, 0.5) is 51.2 Å². The monoisotopic (exact) mass is 1810 g/mol. The topological polar surface area (TPSA) is 22.9 Å². The Kier molecular flexibility index (Phi) is 20.1. The molecule has 0 amide bonds. The van der Waals surface area contributed by atoms with Gasteiger partial charge in [0.05, 0.1) is 17.1 Å². The van der Waals surface area contributed by atoms with Gasteiger partial charge in [-0.25, -0.2) is 0 Å². The molecule has 0 fully saturated rings. The van der Waals surface area contributed by atoms with Crippen LogP contribution in [0.3, 0.4) is 0 Å². The van der Waals surface area contributed by atoms with E-state index in [0.717, 1.165) is 78.6 Å². The average Bonchev–Trinajstić information content (AvgIpc) is 1.73. The third-order valence-corrected chi connectivity index (χ3v) is 30.0. The van der Waals surface area contributed by atoms with Crippen molar-refractivity contribution in [2.45, 2.75) is 0 Å².